The van der Waals surface area contributed by atoms with Gasteiger partial charge in [0.05, 0.1) is 11.1 Å². The number of rotatable bonds is 2. The van der Waals surface area contributed by atoms with Crippen molar-refractivity contribution in [3.63, 3.8) is 0 Å². The van der Waals surface area contributed by atoms with Crippen LogP contribution in [0.3, 0.4) is 0 Å². The zero-order chi connectivity index (χ0) is 20.0. The van der Waals surface area contributed by atoms with Gasteiger partial charge in [-0.05, 0) is 46.2 Å². The SMILES string of the molecule is C[Si]1(C)C=C(c2ccc(C(F)(F)F)cc2)C=C1c1ccc(C(F)(F)F)cc1. The van der Waals surface area contributed by atoms with E-state index in [1.165, 1.54) is 24.3 Å². The summed E-state index contributed by atoms with van der Waals surface area (Å²) in [5.74, 6) is 0. The van der Waals surface area contributed by atoms with Crippen molar-refractivity contribution in [2.45, 2.75) is 25.4 Å². The van der Waals surface area contributed by atoms with Crippen LogP contribution in [0.5, 0.6) is 0 Å². The molecule has 0 unspecified atom stereocenters. The lowest BCUT2D eigenvalue weighted by Crippen LogP contribution is -2.23. The summed E-state index contributed by atoms with van der Waals surface area (Å²) in [6, 6.07) is 9.92. The fourth-order valence-electron chi connectivity index (χ4n) is 3.16. The van der Waals surface area contributed by atoms with Gasteiger partial charge in [-0.3, -0.25) is 0 Å². The Hall–Kier alpha value is -2.28. The Morgan fingerprint density at radius 2 is 1.04 bits per heavy atom. The molecule has 0 nitrogen and oxygen atoms in total. The molecule has 7 heteroatoms. The Balaban J connectivity index is 1.93. The quantitative estimate of drug-likeness (QED) is 0.378. The first-order valence-electron chi connectivity index (χ1n) is 8.18. The summed E-state index contributed by atoms with van der Waals surface area (Å²) >= 11 is 0. The molecular weight excluding hydrogens is 382 g/mol. The maximum absolute atomic E-state index is 12.8. The van der Waals surface area contributed by atoms with Gasteiger partial charge in [-0.15, -0.1) is 0 Å². The van der Waals surface area contributed by atoms with Gasteiger partial charge in [0.25, 0.3) is 0 Å². The highest BCUT2D eigenvalue weighted by molar-refractivity contribution is 7.00. The zero-order valence-electron chi connectivity index (χ0n) is 14.5. The van der Waals surface area contributed by atoms with E-state index >= 15 is 0 Å². The number of allylic oxidation sites excluding steroid dienone is 2. The smallest absolute Gasteiger partial charge is 0.166 e. The van der Waals surface area contributed by atoms with E-state index in [-0.39, 0.29) is 0 Å². The highest BCUT2D eigenvalue weighted by Gasteiger charge is 2.34. The summed E-state index contributed by atoms with van der Waals surface area (Å²) in [6.07, 6.45) is -6.91. The summed E-state index contributed by atoms with van der Waals surface area (Å²) in [5, 5.41) is 0.950. The third kappa shape index (κ3) is 4.02. The van der Waals surface area contributed by atoms with Crippen molar-refractivity contribution in [2.75, 3.05) is 0 Å². The maximum atomic E-state index is 12.8. The number of hydrogen-bond acceptors (Lipinski definition) is 0. The molecule has 0 amide bonds. The predicted molar refractivity (Wildman–Crippen MR) is 96.3 cm³/mol. The van der Waals surface area contributed by atoms with Gasteiger partial charge in [0.1, 0.15) is 8.07 Å². The lowest BCUT2D eigenvalue weighted by atomic mass is 10.0. The highest BCUT2D eigenvalue weighted by atomic mass is 28.3. The van der Waals surface area contributed by atoms with E-state index in [9.17, 15) is 26.3 Å². The Morgan fingerprint density at radius 3 is 1.44 bits per heavy atom. The van der Waals surface area contributed by atoms with Gasteiger partial charge in [-0.1, -0.05) is 49.1 Å². The molecule has 0 saturated carbocycles. The van der Waals surface area contributed by atoms with Crippen molar-refractivity contribution in [3.8, 4) is 0 Å². The van der Waals surface area contributed by atoms with Crippen LogP contribution in [-0.4, -0.2) is 8.07 Å². The molecule has 0 atom stereocenters. The molecule has 0 spiro atoms. The average Bonchev–Trinajstić information content (AvgIpc) is 2.89. The topological polar surface area (TPSA) is 0 Å². The van der Waals surface area contributed by atoms with E-state index in [1.807, 2.05) is 24.9 Å². The van der Waals surface area contributed by atoms with Crippen molar-refractivity contribution < 1.29 is 26.3 Å². The molecule has 0 aliphatic carbocycles. The second-order valence-electron chi connectivity index (χ2n) is 7.03. The van der Waals surface area contributed by atoms with Gasteiger partial charge < -0.3 is 0 Å². The van der Waals surface area contributed by atoms with Gasteiger partial charge >= 0.3 is 12.4 Å². The molecule has 0 bridgehead atoms. The van der Waals surface area contributed by atoms with E-state index in [4.69, 9.17) is 0 Å². The number of alkyl halides is 6. The standard InChI is InChI=1S/C20H16F6Si/c1-27(2)12-15(13-3-7-16(8-4-13)19(21,22)23)11-18(27)14-5-9-17(10-6-14)20(24,25)26/h3-12H,1-2H3. The lowest BCUT2D eigenvalue weighted by molar-refractivity contribution is -0.138. The summed E-state index contributed by atoms with van der Waals surface area (Å²) in [4.78, 5) is 0. The summed E-state index contributed by atoms with van der Waals surface area (Å²) < 4.78 is 76.4. The molecule has 0 radical (unpaired) electrons. The minimum atomic E-state index is -4.39. The minimum Gasteiger partial charge on any atom is -0.166 e. The van der Waals surface area contributed by atoms with Crippen molar-refractivity contribution in [1.29, 1.82) is 0 Å². The van der Waals surface area contributed by atoms with E-state index in [2.05, 4.69) is 0 Å². The molecule has 1 aliphatic rings. The molecule has 1 heterocycles. The fraction of sp³-hybridized carbons (Fsp3) is 0.200. The first-order valence-corrected chi connectivity index (χ1v) is 11.3. The van der Waals surface area contributed by atoms with Crippen LogP contribution in [0.15, 0.2) is 60.3 Å². The molecule has 3 rings (SSSR count). The molecule has 2 aromatic carbocycles. The second-order valence-corrected chi connectivity index (χ2v) is 11.3. The van der Waals surface area contributed by atoms with Crippen molar-refractivity contribution in [3.05, 3.63) is 82.6 Å². The second kappa shape index (κ2) is 6.40. The normalized spacial score (nSPS) is 16.9. The van der Waals surface area contributed by atoms with E-state index in [0.717, 1.165) is 35.0 Å². The van der Waals surface area contributed by atoms with Gasteiger partial charge in [-0.2, -0.15) is 26.3 Å². The van der Waals surface area contributed by atoms with Crippen LogP contribution in [0.25, 0.3) is 10.8 Å². The van der Waals surface area contributed by atoms with E-state index in [1.54, 1.807) is 0 Å². The van der Waals surface area contributed by atoms with E-state index < -0.39 is 31.6 Å². The Labute approximate surface area is 153 Å². The summed E-state index contributed by atoms with van der Waals surface area (Å²) in [5.41, 5.74) is 2.79. The maximum Gasteiger partial charge on any atom is 0.416 e. The van der Waals surface area contributed by atoms with Crippen LogP contribution in [-0.2, 0) is 12.4 Å². The van der Waals surface area contributed by atoms with Gasteiger partial charge in [0.2, 0.25) is 0 Å². The molecule has 0 fully saturated rings. The lowest BCUT2D eigenvalue weighted by Gasteiger charge is -2.19. The molecule has 0 N–H and O–H groups in total. The Bertz CT molecular complexity index is 897. The van der Waals surface area contributed by atoms with Crippen molar-refractivity contribution in [2.24, 2.45) is 0 Å². The molecule has 2 aromatic rings. The molecule has 1 aliphatic heterocycles. The van der Waals surface area contributed by atoms with Crippen LogP contribution >= 0.6 is 0 Å². The Morgan fingerprint density at radius 1 is 0.630 bits per heavy atom. The summed E-state index contributed by atoms with van der Waals surface area (Å²) in [7, 11) is -2.07. The third-order valence-electron chi connectivity index (χ3n) is 4.58. The van der Waals surface area contributed by atoms with Crippen molar-refractivity contribution in [1.82, 2.24) is 0 Å². The molecule has 27 heavy (non-hydrogen) atoms. The largest absolute Gasteiger partial charge is 0.416 e. The van der Waals surface area contributed by atoms with Gasteiger partial charge in [-0.25, -0.2) is 0 Å². The van der Waals surface area contributed by atoms with Crippen LogP contribution in [0.2, 0.25) is 13.1 Å². The molecule has 142 valence electrons. The fourth-order valence-corrected chi connectivity index (χ4v) is 5.78. The monoisotopic (exact) mass is 398 g/mol. The minimum absolute atomic E-state index is 0.658. The van der Waals surface area contributed by atoms with Crippen LogP contribution < -0.4 is 0 Å². The van der Waals surface area contributed by atoms with Crippen LogP contribution in [0.4, 0.5) is 26.3 Å². The van der Waals surface area contributed by atoms with Crippen molar-refractivity contribution >= 4 is 18.8 Å². The molecule has 0 saturated heterocycles. The first-order chi connectivity index (χ1) is 12.4. The first kappa shape index (κ1) is 19.5. The van der Waals surface area contributed by atoms with Gasteiger partial charge in [0.15, 0.2) is 0 Å². The predicted octanol–water partition coefficient (Wildman–Crippen LogP) is 6.99. The average molecular weight is 398 g/mol. The molecular formula is C20H16F6Si. The zero-order valence-corrected chi connectivity index (χ0v) is 15.5. The number of halogens is 6. The van der Waals surface area contributed by atoms with Crippen LogP contribution in [0, 0.1) is 0 Å². The van der Waals surface area contributed by atoms with Gasteiger partial charge in [0, 0.05) is 0 Å². The van der Waals surface area contributed by atoms with Crippen LogP contribution in [0.1, 0.15) is 22.3 Å². The Kier molecular flexibility index (Phi) is 4.62. The number of hydrogen-bond donors (Lipinski definition) is 0. The number of benzene rings is 2. The van der Waals surface area contributed by atoms with E-state index in [0.29, 0.717) is 11.1 Å². The third-order valence-corrected chi connectivity index (χ3v) is 7.43. The molecule has 0 aromatic heterocycles. The highest BCUT2D eigenvalue weighted by Crippen LogP contribution is 2.39. The summed E-state index contributed by atoms with van der Waals surface area (Å²) in [6.45, 7) is 4.10.